The summed E-state index contributed by atoms with van der Waals surface area (Å²) in [5.74, 6) is -0.813. The van der Waals surface area contributed by atoms with Gasteiger partial charge in [-0.1, -0.05) is 96.1 Å². The summed E-state index contributed by atoms with van der Waals surface area (Å²) in [6.45, 7) is 4.05. The summed E-state index contributed by atoms with van der Waals surface area (Å²) in [7, 11) is 0. The molecule has 0 radical (unpaired) electrons. The van der Waals surface area contributed by atoms with Crippen LogP contribution in [0.2, 0.25) is 0 Å². The number of hydrogen-bond acceptors (Lipinski definition) is 4. The van der Waals surface area contributed by atoms with Gasteiger partial charge in [0.15, 0.2) is 0 Å². The van der Waals surface area contributed by atoms with Crippen LogP contribution in [0.15, 0.2) is 119 Å². The van der Waals surface area contributed by atoms with Gasteiger partial charge in [-0.05, 0) is 60.8 Å². The van der Waals surface area contributed by atoms with Gasteiger partial charge in [0.1, 0.15) is 10.5 Å². The van der Waals surface area contributed by atoms with Crippen LogP contribution in [0.4, 0.5) is 0 Å². The van der Waals surface area contributed by atoms with E-state index in [1.807, 2.05) is 123 Å². The van der Waals surface area contributed by atoms with E-state index >= 15 is 0 Å². The Morgan fingerprint density at radius 2 is 0.972 bits per heavy atom. The van der Waals surface area contributed by atoms with E-state index in [0.29, 0.717) is 0 Å². The maximum Gasteiger partial charge on any atom is 0.321 e. The largest absolute Gasteiger partial charge is 0.480 e. The molecule has 0 aliphatic carbocycles. The molecule has 4 rings (SSSR count). The molecule has 36 heavy (non-hydrogen) atoms. The number of halogens is 1. The zero-order valence-corrected chi connectivity index (χ0v) is 22.4. The van der Waals surface area contributed by atoms with Crippen molar-refractivity contribution >= 4 is 46.3 Å². The molecule has 2 unspecified atom stereocenters. The third-order valence-electron chi connectivity index (χ3n) is 5.18. The molecule has 0 aromatic heterocycles. The minimum Gasteiger partial charge on any atom is -0.480 e. The first-order valence-corrected chi connectivity index (χ1v) is 13.5. The van der Waals surface area contributed by atoms with Gasteiger partial charge in [-0.25, -0.2) is 0 Å². The second-order valence-corrected chi connectivity index (χ2v) is 10.8. The Morgan fingerprint density at radius 1 is 0.611 bits per heavy atom. The fourth-order valence-electron chi connectivity index (χ4n) is 3.27. The summed E-state index contributed by atoms with van der Waals surface area (Å²) in [5, 5.41) is 8.07. The summed E-state index contributed by atoms with van der Waals surface area (Å²) in [6, 6.07) is 34.9. The molecule has 3 nitrogen and oxygen atoms in total. The van der Waals surface area contributed by atoms with E-state index in [-0.39, 0.29) is 10.5 Å². The number of aryl methyl sites for hydroxylation is 2. The molecule has 2 atom stereocenters. The number of carboxylic acid groups (broad SMARTS) is 1. The van der Waals surface area contributed by atoms with Crippen molar-refractivity contribution in [2.75, 3.05) is 0 Å². The maximum absolute atomic E-state index is 11.6. The highest BCUT2D eigenvalue weighted by Crippen LogP contribution is 2.37. The molecule has 0 fully saturated rings. The van der Waals surface area contributed by atoms with E-state index in [2.05, 4.69) is 0 Å². The van der Waals surface area contributed by atoms with Gasteiger partial charge in [-0.3, -0.25) is 9.59 Å². The zero-order chi connectivity index (χ0) is 25.9. The molecule has 4 aromatic carbocycles. The molecule has 184 valence electrons. The van der Waals surface area contributed by atoms with Crippen LogP contribution >= 0.6 is 35.1 Å². The van der Waals surface area contributed by atoms with E-state index in [1.54, 1.807) is 0 Å². The lowest BCUT2D eigenvalue weighted by Gasteiger charge is -2.12. The molecule has 0 bridgehead atoms. The van der Waals surface area contributed by atoms with Crippen molar-refractivity contribution in [1.29, 1.82) is 0 Å². The summed E-state index contributed by atoms with van der Waals surface area (Å²) < 4.78 is 0. The van der Waals surface area contributed by atoms with Crippen molar-refractivity contribution in [3.63, 3.8) is 0 Å². The molecule has 0 saturated heterocycles. The summed E-state index contributed by atoms with van der Waals surface area (Å²) in [4.78, 5) is 24.9. The number of benzene rings is 4. The van der Waals surface area contributed by atoms with Crippen molar-refractivity contribution in [2.24, 2.45) is 0 Å². The third-order valence-corrected chi connectivity index (χ3v) is 8.05. The molecule has 0 aliphatic rings. The topological polar surface area (TPSA) is 54.4 Å². The van der Waals surface area contributed by atoms with E-state index < -0.39 is 11.2 Å². The van der Waals surface area contributed by atoms with E-state index in [9.17, 15) is 14.7 Å². The zero-order valence-electron chi connectivity index (χ0n) is 20.0. The fraction of sp³-hybridized carbons (Fsp3) is 0.133. The second kappa shape index (κ2) is 13.9. The van der Waals surface area contributed by atoms with Crippen LogP contribution in [0, 0.1) is 13.8 Å². The maximum atomic E-state index is 11.6. The highest BCUT2D eigenvalue weighted by atomic mass is 35.5. The van der Waals surface area contributed by atoms with Gasteiger partial charge in [0, 0.05) is 9.79 Å². The monoisotopic (exact) mass is 534 g/mol. The number of carbonyl (C=O) groups excluding carboxylic acids is 1. The lowest BCUT2D eigenvalue weighted by molar-refractivity contribution is -0.136. The highest BCUT2D eigenvalue weighted by Gasteiger charge is 2.21. The summed E-state index contributed by atoms with van der Waals surface area (Å²) in [6.07, 6.45) is 0. The van der Waals surface area contributed by atoms with Crippen LogP contribution in [0.1, 0.15) is 32.8 Å². The Labute approximate surface area is 225 Å². The Hall–Kier alpha value is -2.99. The van der Waals surface area contributed by atoms with E-state index in [4.69, 9.17) is 11.6 Å². The molecule has 0 aliphatic heterocycles. The van der Waals surface area contributed by atoms with Gasteiger partial charge in [-0.15, -0.1) is 23.5 Å². The predicted octanol–water partition coefficient (Wildman–Crippen LogP) is 8.51. The average Bonchev–Trinajstić information content (AvgIpc) is 2.89. The lowest BCUT2D eigenvalue weighted by Crippen LogP contribution is -2.07. The van der Waals surface area contributed by atoms with Crippen molar-refractivity contribution in [3.8, 4) is 0 Å². The van der Waals surface area contributed by atoms with Gasteiger partial charge in [-0.2, -0.15) is 0 Å². The third kappa shape index (κ3) is 8.59. The van der Waals surface area contributed by atoms with Crippen molar-refractivity contribution in [3.05, 3.63) is 131 Å². The molecule has 6 heteroatoms. The normalized spacial score (nSPS) is 12.1. The average molecular weight is 535 g/mol. The Kier molecular flexibility index (Phi) is 10.7. The highest BCUT2D eigenvalue weighted by molar-refractivity contribution is 8.00. The standard InChI is InChI=1S/C15H13ClOS.C15H14O2S/c2*1-11-7-9-13(10-8-11)18-14(15(16)17)12-5-3-2-4-6-12/h2-10,14H,1H3;2-10,14H,1H3,(H,16,17). The molecular formula is C30H27ClO3S2. The number of thioether (sulfide) groups is 2. The van der Waals surface area contributed by atoms with E-state index in [1.165, 1.54) is 34.7 Å². The Morgan fingerprint density at radius 3 is 1.33 bits per heavy atom. The van der Waals surface area contributed by atoms with Crippen LogP contribution < -0.4 is 0 Å². The van der Waals surface area contributed by atoms with Crippen molar-refractivity contribution < 1.29 is 14.7 Å². The first-order valence-electron chi connectivity index (χ1n) is 11.3. The van der Waals surface area contributed by atoms with Gasteiger partial charge in [0.2, 0.25) is 5.24 Å². The Balaban J connectivity index is 0.000000201. The van der Waals surface area contributed by atoms with Gasteiger partial charge in [0.05, 0.1) is 0 Å². The number of carboxylic acids is 1. The molecule has 0 spiro atoms. The Bertz CT molecular complexity index is 1140. The predicted molar refractivity (Wildman–Crippen MR) is 151 cm³/mol. The van der Waals surface area contributed by atoms with Crippen molar-refractivity contribution in [2.45, 2.75) is 34.1 Å². The van der Waals surface area contributed by atoms with Crippen LogP contribution in [0.25, 0.3) is 0 Å². The van der Waals surface area contributed by atoms with Crippen LogP contribution in [0.3, 0.4) is 0 Å². The molecule has 4 aromatic rings. The van der Waals surface area contributed by atoms with Gasteiger partial charge >= 0.3 is 5.97 Å². The summed E-state index contributed by atoms with van der Waals surface area (Å²) in [5.41, 5.74) is 4.12. The molecule has 0 amide bonds. The van der Waals surface area contributed by atoms with Crippen LogP contribution in [-0.2, 0) is 9.59 Å². The quantitative estimate of drug-likeness (QED) is 0.181. The second-order valence-electron chi connectivity index (χ2n) is 8.09. The lowest BCUT2D eigenvalue weighted by atomic mass is 10.1. The van der Waals surface area contributed by atoms with Gasteiger partial charge < -0.3 is 5.11 Å². The van der Waals surface area contributed by atoms with Crippen molar-refractivity contribution in [1.82, 2.24) is 0 Å². The summed E-state index contributed by atoms with van der Waals surface area (Å²) >= 11 is 8.54. The molecular weight excluding hydrogens is 508 g/mol. The minimum atomic E-state index is -0.813. The molecule has 0 heterocycles. The number of carbonyl (C=O) groups is 2. The first kappa shape index (κ1) is 27.6. The number of hydrogen-bond donors (Lipinski definition) is 1. The molecule has 0 saturated carbocycles. The van der Waals surface area contributed by atoms with Crippen LogP contribution in [-0.4, -0.2) is 16.3 Å². The minimum absolute atomic E-state index is 0.341. The SMILES string of the molecule is Cc1ccc(SC(C(=O)Cl)c2ccccc2)cc1.Cc1ccc(SC(C(=O)O)c2ccccc2)cc1. The fourth-order valence-corrected chi connectivity index (χ4v) is 5.44. The number of aliphatic carboxylic acids is 1. The van der Waals surface area contributed by atoms with E-state index in [0.717, 1.165) is 20.9 Å². The smallest absolute Gasteiger partial charge is 0.321 e. The first-order chi connectivity index (χ1) is 17.3. The van der Waals surface area contributed by atoms with Gasteiger partial charge in [0.25, 0.3) is 0 Å². The molecule has 1 N–H and O–H groups in total. The number of rotatable bonds is 8. The van der Waals surface area contributed by atoms with Crippen LogP contribution in [0.5, 0.6) is 0 Å².